The van der Waals surface area contributed by atoms with E-state index in [0.717, 1.165) is 5.69 Å². The van der Waals surface area contributed by atoms with E-state index < -0.39 is 0 Å². The summed E-state index contributed by atoms with van der Waals surface area (Å²) in [6.07, 6.45) is 0. The molecule has 12 heavy (non-hydrogen) atoms. The van der Waals surface area contributed by atoms with Gasteiger partial charge in [-0.25, -0.2) is 5.43 Å². The van der Waals surface area contributed by atoms with Crippen LogP contribution >= 0.6 is 24.2 Å². The maximum atomic E-state index is 5.69. The van der Waals surface area contributed by atoms with Crippen LogP contribution in [0.1, 0.15) is 0 Å². The van der Waals surface area contributed by atoms with E-state index in [1.54, 1.807) is 12.1 Å². The Kier molecular flexibility index (Phi) is 3.68. The summed E-state index contributed by atoms with van der Waals surface area (Å²) in [4.78, 5) is 0. The highest BCUT2D eigenvalue weighted by molar-refractivity contribution is 7.81. The van der Waals surface area contributed by atoms with Crippen LogP contribution in [-0.4, -0.2) is 5.50 Å². The van der Waals surface area contributed by atoms with Gasteiger partial charge in [0.25, 0.3) is 0 Å². The van der Waals surface area contributed by atoms with Crippen molar-refractivity contribution >= 4 is 29.9 Å². The van der Waals surface area contributed by atoms with Gasteiger partial charge in [-0.2, -0.15) is 0 Å². The Morgan fingerprint density at radius 2 is 1.92 bits per heavy atom. The maximum Gasteiger partial charge on any atom is 0.135 e. The molecule has 0 bridgehead atoms. The Bertz CT molecular complexity index is 239. The predicted octanol–water partition coefficient (Wildman–Crippen LogP) is 1.43. The fourth-order valence-corrected chi connectivity index (χ4v) is 1.02. The lowest BCUT2D eigenvalue weighted by atomic mass is 10.3. The first kappa shape index (κ1) is 9.67. The summed E-state index contributed by atoms with van der Waals surface area (Å²) in [7, 11) is 0. The zero-order valence-corrected chi connectivity index (χ0v) is 7.94. The summed E-state index contributed by atoms with van der Waals surface area (Å²) < 4.78 is 0. The number of thiol groups is 1. The second kappa shape index (κ2) is 4.57. The van der Waals surface area contributed by atoms with Crippen LogP contribution in [0.2, 0.25) is 5.02 Å². The average Bonchev–Trinajstić information content (AvgIpc) is 2.09. The van der Waals surface area contributed by atoms with Crippen LogP contribution in [0.15, 0.2) is 24.3 Å². The van der Waals surface area contributed by atoms with Gasteiger partial charge >= 0.3 is 0 Å². The lowest BCUT2D eigenvalue weighted by Crippen LogP contribution is -2.36. The second-order valence-electron chi connectivity index (χ2n) is 2.22. The van der Waals surface area contributed by atoms with Crippen molar-refractivity contribution in [2.75, 3.05) is 5.32 Å². The smallest absolute Gasteiger partial charge is 0.135 e. The molecule has 0 saturated heterocycles. The average molecular weight is 204 g/mol. The van der Waals surface area contributed by atoms with Crippen LogP contribution in [-0.2, 0) is 0 Å². The summed E-state index contributed by atoms with van der Waals surface area (Å²) in [6, 6.07) is 7.29. The van der Waals surface area contributed by atoms with E-state index in [9.17, 15) is 0 Å². The van der Waals surface area contributed by atoms with Crippen molar-refractivity contribution in [1.29, 1.82) is 0 Å². The molecule has 5 heteroatoms. The lowest BCUT2D eigenvalue weighted by Gasteiger charge is -2.12. The molecule has 0 fully saturated rings. The van der Waals surface area contributed by atoms with Crippen molar-refractivity contribution in [3.05, 3.63) is 29.3 Å². The highest BCUT2D eigenvalue weighted by Crippen LogP contribution is 2.13. The molecule has 66 valence electrons. The zero-order chi connectivity index (χ0) is 8.97. The fourth-order valence-electron chi connectivity index (χ4n) is 0.746. The standard InChI is InChI=1S/C7H10ClN3S/c8-5-1-3-6(4-2-5)10-7(12)11-9/h1-4,7,10-12H,9H2. The first-order valence-electron chi connectivity index (χ1n) is 3.38. The number of anilines is 1. The van der Waals surface area contributed by atoms with Crippen LogP contribution in [0.5, 0.6) is 0 Å². The quantitative estimate of drug-likeness (QED) is 0.260. The number of nitrogens with two attached hydrogens (primary N) is 1. The molecule has 1 rings (SSSR count). The van der Waals surface area contributed by atoms with E-state index in [-0.39, 0.29) is 5.50 Å². The third kappa shape index (κ3) is 2.91. The lowest BCUT2D eigenvalue weighted by molar-refractivity contribution is 0.748. The number of benzene rings is 1. The van der Waals surface area contributed by atoms with Gasteiger partial charge < -0.3 is 5.32 Å². The Morgan fingerprint density at radius 1 is 1.33 bits per heavy atom. The first-order chi connectivity index (χ1) is 5.72. The van der Waals surface area contributed by atoms with E-state index in [1.807, 2.05) is 12.1 Å². The molecule has 0 heterocycles. The Balaban J connectivity index is 2.58. The molecule has 0 spiro atoms. The fraction of sp³-hybridized carbons (Fsp3) is 0.143. The van der Waals surface area contributed by atoms with E-state index >= 15 is 0 Å². The number of hydrogen-bond acceptors (Lipinski definition) is 4. The Morgan fingerprint density at radius 3 is 2.42 bits per heavy atom. The van der Waals surface area contributed by atoms with Crippen LogP contribution in [0.3, 0.4) is 0 Å². The highest BCUT2D eigenvalue weighted by atomic mass is 35.5. The predicted molar refractivity (Wildman–Crippen MR) is 55.2 cm³/mol. The molecule has 0 aromatic heterocycles. The number of rotatable bonds is 3. The van der Waals surface area contributed by atoms with Crippen molar-refractivity contribution in [1.82, 2.24) is 5.43 Å². The minimum atomic E-state index is -0.258. The van der Waals surface area contributed by atoms with E-state index in [4.69, 9.17) is 17.4 Å². The molecule has 4 N–H and O–H groups in total. The minimum Gasteiger partial charge on any atom is -0.361 e. The molecule has 0 amide bonds. The molecule has 1 unspecified atom stereocenters. The second-order valence-corrected chi connectivity index (χ2v) is 3.17. The summed E-state index contributed by atoms with van der Waals surface area (Å²) in [5.74, 6) is 5.13. The van der Waals surface area contributed by atoms with E-state index in [0.29, 0.717) is 5.02 Å². The van der Waals surface area contributed by atoms with E-state index in [2.05, 4.69) is 23.4 Å². The van der Waals surface area contributed by atoms with Crippen molar-refractivity contribution in [3.8, 4) is 0 Å². The van der Waals surface area contributed by atoms with Gasteiger partial charge in [-0.1, -0.05) is 11.6 Å². The molecule has 3 nitrogen and oxygen atoms in total. The number of hydrogen-bond donors (Lipinski definition) is 4. The minimum absolute atomic E-state index is 0.258. The van der Waals surface area contributed by atoms with Gasteiger partial charge in [0.15, 0.2) is 0 Å². The molecule has 1 atom stereocenters. The summed E-state index contributed by atoms with van der Waals surface area (Å²) >= 11 is 9.78. The number of hydrazine groups is 1. The highest BCUT2D eigenvalue weighted by Gasteiger charge is 1.97. The van der Waals surface area contributed by atoms with Crippen LogP contribution < -0.4 is 16.6 Å². The molecular weight excluding hydrogens is 194 g/mol. The Hall–Kier alpha value is -0.420. The van der Waals surface area contributed by atoms with Crippen LogP contribution in [0.25, 0.3) is 0 Å². The third-order valence-corrected chi connectivity index (χ3v) is 1.84. The molecule has 0 aliphatic heterocycles. The van der Waals surface area contributed by atoms with Crippen LogP contribution in [0, 0.1) is 0 Å². The molecule has 0 radical (unpaired) electrons. The molecule has 1 aromatic carbocycles. The van der Waals surface area contributed by atoms with Gasteiger partial charge in [-0.3, -0.25) is 5.84 Å². The first-order valence-corrected chi connectivity index (χ1v) is 4.28. The molecule has 0 aliphatic carbocycles. The summed E-state index contributed by atoms with van der Waals surface area (Å²) in [6.45, 7) is 0. The largest absolute Gasteiger partial charge is 0.361 e. The summed E-state index contributed by atoms with van der Waals surface area (Å²) in [5.41, 5.74) is 3.10. The van der Waals surface area contributed by atoms with Gasteiger partial charge in [0, 0.05) is 10.7 Å². The van der Waals surface area contributed by atoms with Crippen molar-refractivity contribution in [3.63, 3.8) is 0 Å². The number of nitrogens with one attached hydrogen (secondary N) is 2. The summed E-state index contributed by atoms with van der Waals surface area (Å²) in [5, 5.41) is 3.69. The normalized spacial score (nSPS) is 12.6. The molecular formula is C7H10ClN3S. The van der Waals surface area contributed by atoms with E-state index in [1.165, 1.54) is 0 Å². The molecule has 0 aliphatic rings. The van der Waals surface area contributed by atoms with Gasteiger partial charge in [0.2, 0.25) is 0 Å². The van der Waals surface area contributed by atoms with Gasteiger partial charge in [-0.05, 0) is 24.3 Å². The third-order valence-electron chi connectivity index (χ3n) is 1.31. The maximum absolute atomic E-state index is 5.69. The van der Waals surface area contributed by atoms with Crippen molar-refractivity contribution in [2.24, 2.45) is 5.84 Å². The van der Waals surface area contributed by atoms with Gasteiger partial charge in [-0.15, -0.1) is 12.6 Å². The molecule has 0 saturated carbocycles. The van der Waals surface area contributed by atoms with Crippen molar-refractivity contribution in [2.45, 2.75) is 5.50 Å². The Labute approximate surface area is 81.7 Å². The van der Waals surface area contributed by atoms with Gasteiger partial charge in [0.1, 0.15) is 5.50 Å². The number of halogens is 1. The van der Waals surface area contributed by atoms with Crippen molar-refractivity contribution < 1.29 is 0 Å². The van der Waals surface area contributed by atoms with Crippen LogP contribution in [0.4, 0.5) is 5.69 Å². The topological polar surface area (TPSA) is 50.1 Å². The zero-order valence-electron chi connectivity index (χ0n) is 6.29. The van der Waals surface area contributed by atoms with Gasteiger partial charge in [0.05, 0.1) is 0 Å². The monoisotopic (exact) mass is 203 g/mol. The molecule has 1 aromatic rings. The SMILES string of the molecule is NNC(S)Nc1ccc(Cl)cc1.